The Balaban J connectivity index is 1.31. The summed E-state index contributed by atoms with van der Waals surface area (Å²) in [4.78, 5) is 7.15. The average molecular weight is 470 g/mol. The Morgan fingerprint density at radius 2 is 1.69 bits per heavy atom. The van der Waals surface area contributed by atoms with E-state index in [-0.39, 0.29) is 11.4 Å². The molecule has 0 aliphatic carbocycles. The summed E-state index contributed by atoms with van der Waals surface area (Å²) in [6.45, 7) is 6.46. The number of fused-ring (bicyclic) bond motifs is 1. The first-order valence-electron chi connectivity index (χ1n) is 11.5. The van der Waals surface area contributed by atoms with E-state index in [1.807, 2.05) is 12.4 Å². The van der Waals surface area contributed by atoms with Gasteiger partial charge in [0.1, 0.15) is 5.82 Å². The van der Waals surface area contributed by atoms with Crippen LogP contribution < -0.4 is 10.2 Å². The van der Waals surface area contributed by atoms with Crippen LogP contribution in [0.25, 0.3) is 39.3 Å². The third-order valence-electron chi connectivity index (χ3n) is 6.55. The Morgan fingerprint density at radius 3 is 2.43 bits per heavy atom. The molecule has 0 saturated carbocycles. The minimum atomic E-state index is -0.421. The Kier molecular flexibility index (Phi) is 5.22. The molecular weight excluding hydrogens is 445 g/mol. The van der Waals surface area contributed by atoms with Gasteiger partial charge in [-0.3, -0.25) is 0 Å². The van der Waals surface area contributed by atoms with Crippen molar-refractivity contribution in [1.29, 1.82) is 0 Å². The molecule has 2 aromatic carbocycles. The van der Waals surface area contributed by atoms with Gasteiger partial charge in [0.2, 0.25) is 5.82 Å². The van der Waals surface area contributed by atoms with Crippen LogP contribution in [0.1, 0.15) is 13.8 Å². The van der Waals surface area contributed by atoms with Crippen molar-refractivity contribution in [3.63, 3.8) is 0 Å². The zero-order valence-corrected chi connectivity index (χ0v) is 19.4. The highest BCUT2D eigenvalue weighted by Gasteiger charge is 2.24. The average Bonchev–Trinajstić information content (AvgIpc) is 3.55. The number of nitrogens with zero attached hydrogens (tertiary/aromatic N) is 7. The maximum Gasteiger partial charge on any atom is 0.207 e. The van der Waals surface area contributed by atoms with Gasteiger partial charge in [-0.05, 0) is 54.5 Å². The Morgan fingerprint density at radius 1 is 0.914 bits per heavy atom. The van der Waals surface area contributed by atoms with Crippen molar-refractivity contribution >= 4 is 11.3 Å². The summed E-state index contributed by atoms with van der Waals surface area (Å²) in [5, 5.41) is 21.6. The molecule has 176 valence electrons. The van der Waals surface area contributed by atoms with E-state index in [4.69, 9.17) is 0 Å². The van der Waals surface area contributed by atoms with Gasteiger partial charge in [0.25, 0.3) is 0 Å². The number of halogens is 1. The smallest absolute Gasteiger partial charge is 0.207 e. The minimum absolute atomic E-state index is 0.198. The molecule has 0 spiro atoms. The van der Waals surface area contributed by atoms with Gasteiger partial charge in [0, 0.05) is 54.4 Å². The summed E-state index contributed by atoms with van der Waals surface area (Å²) in [5.41, 5.74) is 5.76. The summed E-state index contributed by atoms with van der Waals surface area (Å²) in [7, 11) is 0. The number of aromatic nitrogens is 7. The lowest BCUT2D eigenvalue weighted by atomic mass is 10.0. The number of anilines is 1. The number of piperazine rings is 1. The van der Waals surface area contributed by atoms with E-state index in [0.29, 0.717) is 17.7 Å². The summed E-state index contributed by atoms with van der Waals surface area (Å²) in [6, 6.07) is 14.2. The Hall–Kier alpha value is -4.18. The van der Waals surface area contributed by atoms with Crippen LogP contribution >= 0.6 is 0 Å². The zero-order chi connectivity index (χ0) is 23.9. The molecule has 1 fully saturated rings. The number of H-pyrrole nitrogens is 1. The van der Waals surface area contributed by atoms with E-state index in [1.54, 1.807) is 22.8 Å². The monoisotopic (exact) mass is 469 g/mol. The maximum absolute atomic E-state index is 14.4. The second-order valence-corrected chi connectivity index (χ2v) is 8.91. The molecule has 35 heavy (non-hydrogen) atoms. The molecule has 10 heteroatoms. The fourth-order valence-electron chi connectivity index (χ4n) is 4.83. The third-order valence-corrected chi connectivity index (χ3v) is 6.55. The topological polar surface area (TPSA) is 99.9 Å². The van der Waals surface area contributed by atoms with E-state index in [2.05, 4.69) is 79.0 Å². The van der Waals surface area contributed by atoms with Crippen molar-refractivity contribution in [2.45, 2.75) is 25.9 Å². The number of rotatable bonds is 4. The van der Waals surface area contributed by atoms with E-state index in [1.165, 1.54) is 11.8 Å². The third kappa shape index (κ3) is 3.81. The van der Waals surface area contributed by atoms with Crippen LogP contribution in [0.2, 0.25) is 0 Å². The molecule has 2 atom stereocenters. The molecule has 1 saturated heterocycles. The minimum Gasteiger partial charge on any atom is -0.364 e. The zero-order valence-electron chi connectivity index (χ0n) is 19.4. The molecule has 1 aliphatic rings. The molecule has 1 aliphatic heterocycles. The van der Waals surface area contributed by atoms with Crippen molar-refractivity contribution in [2.75, 3.05) is 18.0 Å². The van der Waals surface area contributed by atoms with Gasteiger partial charge < -0.3 is 10.2 Å². The number of hydrogen-bond acceptors (Lipinski definition) is 7. The second-order valence-electron chi connectivity index (χ2n) is 8.91. The highest BCUT2D eigenvalue weighted by Crippen LogP contribution is 2.30. The van der Waals surface area contributed by atoms with E-state index in [0.717, 1.165) is 35.3 Å². The van der Waals surface area contributed by atoms with Crippen molar-refractivity contribution in [3.8, 4) is 33.6 Å². The van der Waals surface area contributed by atoms with Gasteiger partial charge in [-0.2, -0.15) is 10.3 Å². The molecular formula is C25H24FN9. The lowest BCUT2D eigenvalue weighted by Gasteiger charge is -2.41. The molecule has 0 unspecified atom stereocenters. The lowest BCUT2D eigenvalue weighted by Crippen LogP contribution is -2.55. The molecule has 3 aromatic heterocycles. The molecule has 6 rings (SSSR count). The van der Waals surface area contributed by atoms with Crippen LogP contribution in [-0.4, -0.2) is 60.4 Å². The molecule has 2 N–H and O–H groups in total. The predicted octanol–water partition coefficient (Wildman–Crippen LogP) is 3.57. The summed E-state index contributed by atoms with van der Waals surface area (Å²) >= 11 is 0. The molecule has 0 radical (unpaired) electrons. The molecule has 0 amide bonds. The van der Waals surface area contributed by atoms with Crippen LogP contribution in [0.4, 0.5) is 10.1 Å². The van der Waals surface area contributed by atoms with Gasteiger partial charge in [-0.25, -0.2) is 13.9 Å². The van der Waals surface area contributed by atoms with E-state index >= 15 is 0 Å². The van der Waals surface area contributed by atoms with Crippen LogP contribution in [0.3, 0.4) is 0 Å². The largest absolute Gasteiger partial charge is 0.364 e. The Labute approximate surface area is 201 Å². The van der Waals surface area contributed by atoms with Crippen molar-refractivity contribution in [1.82, 2.24) is 40.5 Å². The second kappa shape index (κ2) is 8.55. The fourth-order valence-corrected chi connectivity index (χ4v) is 4.83. The molecule has 9 nitrogen and oxygen atoms in total. The number of tetrazole rings is 1. The number of aromatic amines is 1. The van der Waals surface area contributed by atoms with Crippen LogP contribution in [-0.2, 0) is 0 Å². The quantitative estimate of drug-likeness (QED) is 0.415. The van der Waals surface area contributed by atoms with Gasteiger partial charge in [-0.1, -0.05) is 18.2 Å². The van der Waals surface area contributed by atoms with Gasteiger partial charge in [0.05, 0.1) is 11.8 Å². The predicted molar refractivity (Wildman–Crippen MR) is 131 cm³/mol. The lowest BCUT2D eigenvalue weighted by molar-refractivity contribution is 0.432. The molecule has 0 bridgehead atoms. The highest BCUT2D eigenvalue weighted by molar-refractivity contribution is 5.80. The first kappa shape index (κ1) is 21.4. The maximum atomic E-state index is 14.4. The van der Waals surface area contributed by atoms with E-state index in [9.17, 15) is 4.39 Å². The van der Waals surface area contributed by atoms with Crippen molar-refractivity contribution < 1.29 is 4.39 Å². The number of nitrogens with one attached hydrogen (secondary N) is 2. The van der Waals surface area contributed by atoms with Crippen molar-refractivity contribution in [3.05, 3.63) is 66.9 Å². The van der Waals surface area contributed by atoms with Crippen molar-refractivity contribution in [2.24, 2.45) is 0 Å². The number of benzene rings is 2. The van der Waals surface area contributed by atoms with Gasteiger partial charge >= 0.3 is 0 Å². The summed E-state index contributed by atoms with van der Waals surface area (Å²) in [6.07, 6.45) is 5.53. The van der Waals surface area contributed by atoms with Gasteiger partial charge in [0.15, 0.2) is 5.65 Å². The normalized spacial score (nSPS) is 18.3. The molecule has 5 aromatic rings. The molecule has 4 heterocycles. The SMILES string of the molecule is C[C@@H]1CNC[C@H](C)N1c1ccc(-c2cnc3c(-c4ccc(F)c(-c5nn[nH]n5)c4)cnn3c2)cc1. The van der Waals surface area contributed by atoms with Crippen LogP contribution in [0.15, 0.2) is 61.1 Å². The summed E-state index contributed by atoms with van der Waals surface area (Å²) in [5.74, 6) is -0.223. The van der Waals surface area contributed by atoms with E-state index < -0.39 is 5.82 Å². The Bertz CT molecular complexity index is 1470. The fraction of sp³-hybridized carbons (Fsp3) is 0.240. The first-order chi connectivity index (χ1) is 17.1. The standard InChI is InChI=1S/C25H24FN9/c1-15-10-27-11-16(2)35(15)20-6-3-17(4-7-20)19-12-28-25-22(13-29-34(25)14-19)18-5-8-23(26)21(9-18)24-30-32-33-31-24/h3-9,12-16,27H,10-11H2,1-2H3,(H,30,31,32,33)/t15-,16+. The highest BCUT2D eigenvalue weighted by atomic mass is 19.1. The van der Waals surface area contributed by atoms with Crippen LogP contribution in [0, 0.1) is 5.82 Å². The first-order valence-corrected chi connectivity index (χ1v) is 11.5. The van der Waals surface area contributed by atoms with Gasteiger partial charge in [-0.15, -0.1) is 10.2 Å². The van der Waals surface area contributed by atoms with Crippen LogP contribution in [0.5, 0.6) is 0 Å². The number of hydrogen-bond donors (Lipinski definition) is 2. The summed E-state index contributed by atoms with van der Waals surface area (Å²) < 4.78 is 16.1.